The van der Waals surface area contributed by atoms with Gasteiger partial charge in [0.15, 0.2) is 0 Å². The fraction of sp³-hybridized carbons (Fsp3) is 0.417. The number of carbonyl (C=O) groups excluding carboxylic acids is 2. The Kier molecular flexibility index (Phi) is 9.65. The summed E-state index contributed by atoms with van der Waals surface area (Å²) < 4.78 is 0. The maximum atomic E-state index is 13.2. The van der Waals surface area contributed by atoms with Crippen LogP contribution >= 0.6 is 11.3 Å². The molecule has 0 fully saturated rings. The van der Waals surface area contributed by atoms with Crippen molar-refractivity contribution in [3.05, 3.63) is 70.4 Å². The number of benzene rings is 1. The van der Waals surface area contributed by atoms with E-state index < -0.39 is 0 Å². The number of amides is 2. The predicted molar refractivity (Wildman–Crippen MR) is 121 cm³/mol. The lowest BCUT2D eigenvalue weighted by molar-refractivity contribution is -0.140. The molecule has 0 saturated heterocycles. The SMILES string of the molecule is C=CCN(CC(=O)N(Cc1ccccc1)Cc1sccc1C)C(=O)CCCCC. The van der Waals surface area contributed by atoms with Crippen LogP contribution in [0.1, 0.15) is 48.6 Å². The highest BCUT2D eigenvalue weighted by molar-refractivity contribution is 7.10. The summed E-state index contributed by atoms with van der Waals surface area (Å²) in [6.07, 6.45) is 5.13. The van der Waals surface area contributed by atoms with Gasteiger partial charge in [0, 0.05) is 24.4 Å². The maximum absolute atomic E-state index is 13.2. The highest BCUT2D eigenvalue weighted by Crippen LogP contribution is 2.20. The molecule has 4 nitrogen and oxygen atoms in total. The molecule has 1 heterocycles. The molecular formula is C24H32N2O2S. The van der Waals surface area contributed by atoms with Gasteiger partial charge in [0.25, 0.3) is 0 Å². The third kappa shape index (κ3) is 7.50. The topological polar surface area (TPSA) is 40.6 Å². The zero-order valence-corrected chi connectivity index (χ0v) is 18.4. The van der Waals surface area contributed by atoms with Crippen LogP contribution in [0.2, 0.25) is 0 Å². The van der Waals surface area contributed by atoms with E-state index in [1.807, 2.05) is 35.2 Å². The van der Waals surface area contributed by atoms with E-state index in [0.29, 0.717) is 26.1 Å². The molecular weight excluding hydrogens is 380 g/mol. The molecule has 1 aromatic heterocycles. The fourth-order valence-corrected chi connectivity index (χ4v) is 4.05. The second-order valence-corrected chi connectivity index (χ2v) is 8.28. The Morgan fingerprint density at radius 3 is 2.41 bits per heavy atom. The molecule has 5 heteroatoms. The Balaban J connectivity index is 2.12. The van der Waals surface area contributed by atoms with Gasteiger partial charge in [-0.1, -0.05) is 56.2 Å². The Hall–Kier alpha value is -2.40. The molecule has 2 amide bonds. The van der Waals surface area contributed by atoms with E-state index in [1.165, 1.54) is 10.4 Å². The molecule has 0 radical (unpaired) electrons. The number of thiophene rings is 1. The van der Waals surface area contributed by atoms with Gasteiger partial charge in [-0.3, -0.25) is 9.59 Å². The third-order valence-corrected chi connectivity index (χ3v) is 5.90. The zero-order chi connectivity index (χ0) is 21.1. The first kappa shape index (κ1) is 22.9. The second-order valence-electron chi connectivity index (χ2n) is 7.28. The summed E-state index contributed by atoms with van der Waals surface area (Å²) in [4.78, 5) is 30.5. The summed E-state index contributed by atoms with van der Waals surface area (Å²) in [6.45, 7) is 9.51. The zero-order valence-electron chi connectivity index (χ0n) is 17.6. The van der Waals surface area contributed by atoms with E-state index in [4.69, 9.17) is 0 Å². The van der Waals surface area contributed by atoms with Crippen molar-refractivity contribution >= 4 is 23.2 Å². The summed E-state index contributed by atoms with van der Waals surface area (Å²) in [7, 11) is 0. The average Bonchev–Trinajstić information content (AvgIpc) is 3.12. The van der Waals surface area contributed by atoms with Crippen LogP contribution in [-0.4, -0.2) is 34.7 Å². The Morgan fingerprint density at radius 1 is 1.03 bits per heavy atom. The number of hydrogen-bond acceptors (Lipinski definition) is 3. The Labute approximate surface area is 178 Å². The van der Waals surface area contributed by atoms with Crippen molar-refractivity contribution in [3.63, 3.8) is 0 Å². The normalized spacial score (nSPS) is 10.6. The smallest absolute Gasteiger partial charge is 0.242 e. The second kappa shape index (κ2) is 12.2. The lowest BCUT2D eigenvalue weighted by Gasteiger charge is -2.27. The van der Waals surface area contributed by atoms with E-state index in [1.54, 1.807) is 22.3 Å². The van der Waals surface area contributed by atoms with Crippen molar-refractivity contribution in [3.8, 4) is 0 Å². The van der Waals surface area contributed by atoms with Crippen LogP contribution in [0.25, 0.3) is 0 Å². The highest BCUT2D eigenvalue weighted by atomic mass is 32.1. The van der Waals surface area contributed by atoms with Crippen molar-refractivity contribution in [2.45, 2.75) is 52.6 Å². The third-order valence-electron chi connectivity index (χ3n) is 4.89. The minimum atomic E-state index is -0.0349. The number of unbranched alkanes of at least 4 members (excludes halogenated alkanes) is 2. The maximum Gasteiger partial charge on any atom is 0.242 e. The van der Waals surface area contributed by atoms with Crippen molar-refractivity contribution in [2.75, 3.05) is 13.1 Å². The number of aryl methyl sites for hydroxylation is 1. The van der Waals surface area contributed by atoms with Gasteiger partial charge < -0.3 is 9.80 Å². The van der Waals surface area contributed by atoms with Gasteiger partial charge in [-0.15, -0.1) is 17.9 Å². The van der Waals surface area contributed by atoms with Crippen molar-refractivity contribution in [1.82, 2.24) is 9.80 Å². The minimum Gasteiger partial charge on any atom is -0.332 e. The van der Waals surface area contributed by atoms with E-state index in [-0.39, 0.29) is 18.4 Å². The van der Waals surface area contributed by atoms with Crippen molar-refractivity contribution in [1.29, 1.82) is 0 Å². The van der Waals surface area contributed by atoms with Crippen LogP contribution in [0.5, 0.6) is 0 Å². The van der Waals surface area contributed by atoms with E-state index in [2.05, 4.69) is 31.9 Å². The number of rotatable bonds is 12. The number of hydrogen-bond donors (Lipinski definition) is 0. The van der Waals surface area contributed by atoms with Gasteiger partial charge >= 0.3 is 0 Å². The Morgan fingerprint density at radius 2 is 1.79 bits per heavy atom. The van der Waals surface area contributed by atoms with Gasteiger partial charge in [0.05, 0.1) is 6.54 Å². The summed E-state index contributed by atoms with van der Waals surface area (Å²) in [5.41, 5.74) is 2.28. The largest absolute Gasteiger partial charge is 0.332 e. The van der Waals surface area contributed by atoms with Crippen LogP contribution in [-0.2, 0) is 22.7 Å². The molecule has 0 spiro atoms. The molecule has 0 saturated carbocycles. The molecule has 0 aliphatic rings. The molecule has 2 aromatic rings. The van der Waals surface area contributed by atoms with E-state index >= 15 is 0 Å². The molecule has 1 aromatic carbocycles. The van der Waals surface area contributed by atoms with Gasteiger partial charge in [-0.05, 0) is 35.9 Å². The average molecular weight is 413 g/mol. The monoisotopic (exact) mass is 412 g/mol. The van der Waals surface area contributed by atoms with Crippen LogP contribution in [0.3, 0.4) is 0 Å². The first-order chi connectivity index (χ1) is 14.0. The lowest BCUT2D eigenvalue weighted by atomic mass is 10.2. The molecule has 0 atom stereocenters. The summed E-state index contributed by atoms with van der Waals surface area (Å²) in [5.74, 6) is -0.00832. The van der Waals surface area contributed by atoms with Gasteiger partial charge in [0.1, 0.15) is 6.54 Å². The number of nitrogens with zero attached hydrogens (tertiary/aromatic N) is 2. The standard InChI is InChI=1S/C24H32N2O2S/c1-4-6-8-13-23(27)25(15-5-2)19-24(28)26(17-21-11-9-7-10-12-21)18-22-20(3)14-16-29-22/h5,7,9-12,14,16H,2,4,6,8,13,15,17-19H2,1,3H3. The van der Waals surface area contributed by atoms with Crippen molar-refractivity contribution < 1.29 is 9.59 Å². The molecule has 0 aliphatic heterocycles. The summed E-state index contributed by atoms with van der Waals surface area (Å²) in [5, 5.41) is 2.05. The van der Waals surface area contributed by atoms with Crippen LogP contribution in [0.15, 0.2) is 54.4 Å². The molecule has 2 rings (SSSR count). The molecule has 0 aliphatic carbocycles. The van der Waals surface area contributed by atoms with Crippen LogP contribution < -0.4 is 0 Å². The quantitative estimate of drug-likeness (QED) is 0.356. The molecule has 0 unspecified atom stereocenters. The van der Waals surface area contributed by atoms with Crippen molar-refractivity contribution in [2.24, 2.45) is 0 Å². The first-order valence-corrected chi connectivity index (χ1v) is 11.2. The summed E-state index contributed by atoms with van der Waals surface area (Å²) >= 11 is 1.66. The molecule has 29 heavy (non-hydrogen) atoms. The molecule has 0 N–H and O–H groups in total. The fourth-order valence-electron chi connectivity index (χ4n) is 3.13. The molecule has 0 bridgehead atoms. The van der Waals surface area contributed by atoms with Crippen LogP contribution in [0, 0.1) is 6.92 Å². The van der Waals surface area contributed by atoms with Gasteiger partial charge in [0.2, 0.25) is 11.8 Å². The lowest BCUT2D eigenvalue weighted by Crippen LogP contribution is -2.42. The van der Waals surface area contributed by atoms with E-state index in [0.717, 1.165) is 24.8 Å². The van der Waals surface area contributed by atoms with E-state index in [9.17, 15) is 9.59 Å². The predicted octanol–water partition coefficient (Wildman–Crippen LogP) is 5.18. The summed E-state index contributed by atoms with van der Waals surface area (Å²) in [6, 6.07) is 12.1. The van der Waals surface area contributed by atoms with Gasteiger partial charge in [-0.25, -0.2) is 0 Å². The number of carbonyl (C=O) groups is 2. The van der Waals surface area contributed by atoms with Crippen LogP contribution in [0.4, 0.5) is 0 Å². The molecule has 156 valence electrons. The highest BCUT2D eigenvalue weighted by Gasteiger charge is 2.21. The Bertz CT molecular complexity index is 785. The minimum absolute atomic E-state index is 0.0265. The van der Waals surface area contributed by atoms with Gasteiger partial charge in [-0.2, -0.15) is 0 Å². The first-order valence-electron chi connectivity index (χ1n) is 10.3.